The molecule has 2 atom stereocenters. The number of aliphatic hydroxyl groups is 1. The molecule has 1 rings (SSSR count). The van der Waals surface area contributed by atoms with Crippen molar-refractivity contribution in [1.82, 2.24) is 4.90 Å². The summed E-state index contributed by atoms with van der Waals surface area (Å²) in [6.07, 6.45) is 0.646. The van der Waals surface area contributed by atoms with E-state index in [1.54, 1.807) is 6.07 Å². The van der Waals surface area contributed by atoms with Gasteiger partial charge >= 0.3 is 0 Å². The molecule has 0 amide bonds. The number of hydrogen-bond donors (Lipinski definition) is 1. The lowest BCUT2D eigenvalue weighted by Crippen LogP contribution is -2.38. The number of rotatable bonds is 7. The highest BCUT2D eigenvalue weighted by atomic mass is 16.6. The first-order valence-corrected chi connectivity index (χ1v) is 6.54. The summed E-state index contributed by atoms with van der Waals surface area (Å²) < 4.78 is 0. The van der Waals surface area contributed by atoms with Gasteiger partial charge in [-0.3, -0.25) is 0 Å². The Morgan fingerprint density at radius 1 is 1.47 bits per heavy atom. The second-order valence-corrected chi connectivity index (χ2v) is 5.19. The van der Waals surface area contributed by atoms with Crippen molar-refractivity contribution in [3.8, 4) is 5.75 Å². The SMILES string of the molecule is C=NOc1cccc(C(O)(CC)C(C)CN(C)C)c1. The lowest BCUT2D eigenvalue weighted by Gasteiger charge is -2.35. The molecular formula is C15H24N2O2. The van der Waals surface area contributed by atoms with Gasteiger partial charge in [-0.2, -0.15) is 0 Å². The summed E-state index contributed by atoms with van der Waals surface area (Å²) in [5.41, 5.74) is -0.0179. The van der Waals surface area contributed by atoms with Crippen molar-refractivity contribution < 1.29 is 9.94 Å². The fourth-order valence-corrected chi connectivity index (χ4v) is 2.43. The standard InChI is InChI=1S/C15H24N2O2/c1-6-15(18,12(2)11-17(4)5)13-8-7-9-14(10-13)19-16-3/h7-10,12,18H,3,6,11H2,1-2,4-5H3. The molecule has 0 aromatic heterocycles. The summed E-state index contributed by atoms with van der Waals surface area (Å²) in [5, 5.41) is 14.4. The average Bonchev–Trinajstić information content (AvgIpc) is 2.37. The van der Waals surface area contributed by atoms with Crippen molar-refractivity contribution in [3.63, 3.8) is 0 Å². The molecule has 19 heavy (non-hydrogen) atoms. The van der Waals surface area contributed by atoms with Gasteiger partial charge in [0.2, 0.25) is 0 Å². The van der Waals surface area contributed by atoms with Crippen LogP contribution >= 0.6 is 0 Å². The van der Waals surface area contributed by atoms with E-state index in [-0.39, 0.29) is 5.92 Å². The van der Waals surface area contributed by atoms with Crippen molar-refractivity contribution in [2.45, 2.75) is 25.9 Å². The fraction of sp³-hybridized carbons (Fsp3) is 0.533. The molecule has 0 saturated heterocycles. The Kier molecular flexibility index (Phi) is 5.51. The summed E-state index contributed by atoms with van der Waals surface area (Å²) in [6, 6.07) is 7.40. The van der Waals surface area contributed by atoms with Crippen LogP contribution in [0.1, 0.15) is 25.8 Å². The van der Waals surface area contributed by atoms with Crippen LogP contribution < -0.4 is 4.84 Å². The minimum Gasteiger partial charge on any atom is -0.385 e. The molecule has 0 aliphatic rings. The molecule has 4 nitrogen and oxygen atoms in total. The summed E-state index contributed by atoms with van der Waals surface area (Å²) >= 11 is 0. The second kappa shape index (κ2) is 6.68. The first-order chi connectivity index (χ1) is 8.93. The zero-order valence-corrected chi connectivity index (χ0v) is 12.3. The van der Waals surface area contributed by atoms with Crippen molar-refractivity contribution in [2.24, 2.45) is 11.1 Å². The predicted molar refractivity (Wildman–Crippen MR) is 78.5 cm³/mol. The third-order valence-corrected chi connectivity index (χ3v) is 3.50. The molecule has 0 aliphatic carbocycles. The Morgan fingerprint density at radius 3 is 2.68 bits per heavy atom. The molecule has 2 unspecified atom stereocenters. The molecule has 0 heterocycles. The van der Waals surface area contributed by atoms with E-state index in [0.717, 1.165) is 12.1 Å². The Bertz CT molecular complexity index is 420. The normalized spacial score (nSPS) is 15.9. The highest BCUT2D eigenvalue weighted by Crippen LogP contribution is 2.35. The highest BCUT2D eigenvalue weighted by Gasteiger charge is 2.34. The van der Waals surface area contributed by atoms with Gasteiger partial charge in [0.1, 0.15) is 0 Å². The lowest BCUT2D eigenvalue weighted by atomic mass is 9.80. The van der Waals surface area contributed by atoms with E-state index in [2.05, 4.69) is 23.7 Å². The second-order valence-electron chi connectivity index (χ2n) is 5.19. The molecular weight excluding hydrogens is 240 g/mol. The zero-order valence-electron chi connectivity index (χ0n) is 12.3. The molecule has 106 valence electrons. The summed E-state index contributed by atoms with van der Waals surface area (Å²) in [4.78, 5) is 7.12. The van der Waals surface area contributed by atoms with E-state index in [1.165, 1.54) is 0 Å². The van der Waals surface area contributed by atoms with Crippen LogP contribution in [0.5, 0.6) is 5.75 Å². The van der Waals surface area contributed by atoms with E-state index >= 15 is 0 Å². The van der Waals surface area contributed by atoms with Gasteiger partial charge < -0.3 is 14.8 Å². The van der Waals surface area contributed by atoms with Crippen LogP contribution in [-0.2, 0) is 5.60 Å². The molecule has 1 aromatic rings. The average molecular weight is 264 g/mol. The number of oxime groups is 1. The third-order valence-electron chi connectivity index (χ3n) is 3.50. The van der Waals surface area contributed by atoms with E-state index in [9.17, 15) is 5.11 Å². The molecule has 0 fully saturated rings. The van der Waals surface area contributed by atoms with Crippen LogP contribution in [-0.4, -0.2) is 37.4 Å². The van der Waals surface area contributed by atoms with E-state index in [0.29, 0.717) is 12.2 Å². The monoisotopic (exact) mass is 264 g/mol. The molecule has 1 N–H and O–H groups in total. The van der Waals surface area contributed by atoms with Gasteiger partial charge in [0.05, 0.1) is 5.60 Å². The largest absolute Gasteiger partial charge is 0.385 e. The zero-order chi connectivity index (χ0) is 14.5. The van der Waals surface area contributed by atoms with Gasteiger partial charge in [-0.15, -0.1) is 0 Å². The van der Waals surface area contributed by atoms with Crippen molar-refractivity contribution >= 4 is 6.72 Å². The smallest absolute Gasteiger partial charge is 0.158 e. The molecule has 0 bridgehead atoms. The molecule has 0 aliphatic heterocycles. The Balaban J connectivity index is 3.06. The van der Waals surface area contributed by atoms with Crippen LogP contribution in [0, 0.1) is 5.92 Å². The molecule has 0 spiro atoms. The fourth-order valence-electron chi connectivity index (χ4n) is 2.43. The van der Waals surface area contributed by atoms with Crippen molar-refractivity contribution in [3.05, 3.63) is 29.8 Å². The van der Waals surface area contributed by atoms with Crippen LogP contribution in [0.25, 0.3) is 0 Å². The van der Waals surface area contributed by atoms with Crippen LogP contribution in [0.2, 0.25) is 0 Å². The summed E-state index contributed by atoms with van der Waals surface area (Å²) in [6.45, 7) is 8.17. The van der Waals surface area contributed by atoms with Crippen LogP contribution in [0.15, 0.2) is 29.4 Å². The third kappa shape index (κ3) is 3.78. The minimum absolute atomic E-state index is 0.111. The molecule has 0 saturated carbocycles. The lowest BCUT2D eigenvalue weighted by molar-refractivity contribution is -0.0293. The van der Waals surface area contributed by atoms with E-state index in [4.69, 9.17) is 4.84 Å². The van der Waals surface area contributed by atoms with Crippen molar-refractivity contribution in [2.75, 3.05) is 20.6 Å². The number of hydrogen-bond acceptors (Lipinski definition) is 4. The Labute approximate surface area is 115 Å². The highest BCUT2D eigenvalue weighted by molar-refractivity contribution is 5.33. The molecule has 0 radical (unpaired) electrons. The van der Waals surface area contributed by atoms with Crippen molar-refractivity contribution in [1.29, 1.82) is 0 Å². The quantitative estimate of drug-likeness (QED) is 0.608. The first-order valence-electron chi connectivity index (χ1n) is 6.54. The Morgan fingerprint density at radius 2 is 2.16 bits per heavy atom. The maximum atomic E-state index is 11.0. The van der Waals surface area contributed by atoms with Crippen LogP contribution in [0.3, 0.4) is 0 Å². The molecule has 1 aromatic carbocycles. The maximum Gasteiger partial charge on any atom is 0.158 e. The summed E-state index contributed by atoms with van der Waals surface area (Å²) in [5.74, 6) is 0.705. The van der Waals surface area contributed by atoms with Gasteiger partial charge in [-0.05, 0) is 38.2 Å². The van der Waals surface area contributed by atoms with Gasteiger partial charge in [-0.25, -0.2) is 0 Å². The predicted octanol–water partition coefficient (Wildman–Crippen LogP) is 2.48. The number of benzene rings is 1. The van der Waals surface area contributed by atoms with E-state index < -0.39 is 5.60 Å². The minimum atomic E-state index is -0.870. The van der Waals surface area contributed by atoms with E-state index in [1.807, 2.05) is 39.2 Å². The topological polar surface area (TPSA) is 45.1 Å². The maximum absolute atomic E-state index is 11.0. The van der Waals surface area contributed by atoms with Gasteiger partial charge in [0.25, 0.3) is 0 Å². The van der Waals surface area contributed by atoms with Gasteiger partial charge in [0.15, 0.2) is 5.75 Å². The van der Waals surface area contributed by atoms with Gasteiger partial charge in [-0.1, -0.05) is 31.1 Å². The summed E-state index contributed by atoms with van der Waals surface area (Å²) in [7, 11) is 4.02. The first kappa shape index (κ1) is 15.7. The molecule has 4 heteroatoms. The van der Waals surface area contributed by atoms with Crippen LogP contribution in [0.4, 0.5) is 0 Å². The Hall–Kier alpha value is -1.39. The number of nitrogens with zero attached hydrogens (tertiary/aromatic N) is 2. The van der Waals surface area contributed by atoms with Gasteiger partial charge in [0, 0.05) is 19.2 Å².